The highest BCUT2D eigenvalue weighted by atomic mass is 32.1. The zero-order valence-corrected chi connectivity index (χ0v) is 12.8. The number of thiocarbonyl (C=S) groups is 1. The average Bonchev–Trinajstić information content (AvgIpc) is 2.39. The molecule has 1 unspecified atom stereocenters. The van der Waals surface area contributed by atoms with Gasteiger partial charge in [0, 0.05) is 30.9 Å². The van der Waals surface area contributed by atoms with Gasteiger partial charge in [0.1, 0.15) is 0 Å². The molecular weight excluding hydrogens is 270 g/mol. The van der Waals surface area contributed by atoms with E-state index in [4.69, 9.17) is 12.2 Å². The van der Waals surface area contributed by atoms with Gasteiger partial charge in [-0.05, 0) is 62.7 Å². The summed E-state index contributed by atoms with van der Waals surface area (Å²) < 4.78 is 0. The number of benzene rings is 1. The lowest BCUT2D eigenvalue weighted by atomic mass is 10.0. The molecule has 2 rings (SSSR count). The molecule has 0 spiro atoms. The van der Waals surface area contributed by atoms with E-state index < -0.39 is 0 Å². The fourth-order valence-corrected chi connectivity index (χ4v) is 2.80. The SMILES string of the molecule is CC(=O)NC(=S)Nc1ccc(N2CCCCC2C)cc1. The van der Waals surface area contributed by atoms with Gasteiger partial charge in [-0.25, -0.2) is 0 Å². The second-order valence-electron chi connectivity index (χ2n) is 5.22. The van der Waals surface area contributed by atoms with Crippen LogP contribution in [-0.4, -0.2) is 23.6 Å². The molecule has 1 aliphatic rings. The van der Waals surface area contributed by atoms with Crippen molar-refractivity contribution in [2.45, 2.75) is 39.2 Å². The van der Waals surface area contributed by atoms with Gasteiger partial charge in [-0.3, -0.25) is 4.79 Å². The quantitative estimate of drug-likeness (QED) is 0.822. The van der Waals surface area contributed by atoms with Crippen molar-refractivity contribution in [3.05, 3.63) is 24.3 Å². The Morgan fingerprint density at radius 2 is 2.00 bits per heavy atom. The first kappa shape index (κ1) is 14.8. The van der Waals surface area contributed by atoms with E-state index >= 15 is 0 Å². The highest BCUT2D eigenvalue weighted by molar-refractivity contribution is 7.80. The van der Waals surface area contributed by atoms with Crippen LogP contribution >= 0.6 is 12.2 Å². The van der Waals surface area contributed by atoms with Crippen LogP contribution in [0, 0.1) is 0 Å². The summed E-state index contributed by atoms with van der Waals surface area (Å²) in [5.74, 6) is -0.165. The summed E-state index contributed by atoms with van der Waals surface area (Å²) in [7, 11) is 0. The number of hydrogen-bond donors (Lipinski definition) is 2. The molecule has 1 amide bonds. The van der Waals surface area contributed by atoms with Gasteiger partial charge in [0.05, 0.1) is 0 Å². The minimum atomic E-state index is -0.165. The van der Waals surface area contributed by atoms with E-state index in [0.717, 1.165) is 12.2 Å². The number of nitrogens with one attached hydrogen (secondary N) is 2. The summed E-state index contributed by atoms with van der Waals surface area (Å²) in [6.45, 7) is 4.84. The summed E-state index contributed by atoms with van der Waals surface area (Å²) in [6.07, 6.45) is 3.84. The Balaban J connectivity index is 1.99. The lowest BCUT2D eigenvalue weighted by Gasteiger charge is -2.35. The first-order valence-electron chi connectivity index (χ1n) is 7.01. The Kier molecular flexibility index (Phi) is 4.95. The van der Waals surface area contributed by atoms with Crippen LogP contribution in [0.3, 0.4) is 0 Å². The monoisotopic (exact) mass is 291 g/mol. The van der Waals surface area contributed by atoms with E-state index in [0.29, 0.717) is 11.2 Å². The van der Waals surface area contributed by atoms with E-state index in [1.165, 1.54) is 31.9 Å². The third kappa shape index (κ3) is 3.93. The first-order valence-corrected chi connectivity index (χ1v) is 7.42. The number of hydrogen-bond acceptors (Lipinski definition) is 3. The number of carbonyl (C=O) groups excluding carboxylic acids is 1. The third-order valence-corrected chi connectivity index (χ3v) is 3.75. The van der Waals surface area contributed by atoms with E-state index in [-0.39, 0.29) is 5.91 Å². The van der Waals surface area contributed by atoms with Gasteiger partial charge in [-0.15, -0.1) is 0 Å². The smallest absolute Gasteiger partial charge is 0.222 e. The molecule has 4 nitrogen and oxygen atoms in total. The summed E-state index contributed by atoms with van der Waals surface area (Å²) in [6, 6.07) is 8.78. The molecule has 1 saturated heterocycles. The molecule has 0 aromatic heterocycles. The molecule has 20 heavy (non-hydrogen) atoms. The van der Waals surface area contributed by atoms with E-state index in [1.54, 1.807) is 0 Å². The molecule has 1 aromatic rings. The molecule has 2 N–H and O–H groups in total. The van der Waals surface area contributed by atoms with Gasteiger partial charge >= 0.3 is 0 Å². The minimum absolute atomic E-state index is 0.165. The van der Waals surface area contributed by atoms with Crippen LogP contribution in [0.4, 0.5) is 11.4 Å². The van der Waals surface area contributed by atoms with Crippen molar-refractivity contribution in [1.82, 2.24) is 5.32 Å². The van der Waals surface area contributed by atoms with E-state index in [2.05, 4.69) is 34.6 Å². The van der Waals surface area contributed by atoms with Gasteiger partial charge in [0.15, 0.2) is 5.11 Å². The van der Waals surface area contributed by atoms with Crippen LogP contribution in [0.2, 0.25) is 0 Å². The largest absolute Gasteiger partial charge is 0.369 e. The predicted octanol–water partition coefficient (Wildman–Crippen LogP) is 2.90. The van der Waals surface area contributed by atoms with Gasteiger partial charge in [0.2, 0.25) is 5.91 Å². The summed E-state index contributed by atoms with van der Waals surface area (Å²) in [4.78, 5) is 13.3. The van der Waals surface area contributed by atoms with Gasteiger partial charge in [-0.2, -0.15) is 0 Å². The lowest BCUT2D eigenvalue weighted by Crippen LogP contribution is -2.37. The maximum absolute atomic E-state index is 10.9. The maximum Gasteiger partial charge on any atom is 0.222 e. The number of piperidine rings is 1. The number of amides is 1. The van der Waals surface area contributed by atoms with Crippen LogP contribution in [-0.2, 0) is 4.79 Å². The van der Waals surface area contributed by atoms with Crippen LogP contribution in [0.15, 0.2) is 24.3 Å². The Morgan fingerprint density at radius 1 is 1.30 bits per heavy atom. The molecule has 1 aromatic carbocycles. The molecule has 0 radical (unpaired) electrons. The Labute approximate surface area is 125 Å². The Hall–Kier alpha value is -1.62. The van der Waals surface area contributed by atoms with E-state index in [9.17, 15) is 4.79 Å². The number of nitrogens with zero attached hydrogens (tertiary/aromatic N) is 1. The predicted molar refractivity (Wildman–Crippen MR) is 87.1 cm³/mol. The van der Waals surface area contributed by atoms with Crippen molar-refractivity contribution < 1.29 is 4.79 Å². The number of rotatable bonds is 2. The van der Waals surface area contributed by atoms with Crippen LogP contribution in [0.25, 0.3) is 0 Å². The van der Waals surface area contributed by atoms with Crippen molar-refractivity contribution in [3.8, 4) is 0 Å². The third-order valence-electron chi connectivity index (χ3n) is 3.55. The second kappa shape index (κ2) is 6.70. The van der Waals surface area contributed by atoms with Crippen LogP contribution in [0.5, 0.6) is 0 Å². The molecule has 5 heteroatoms. The number of carbonyl (C=O) groups is 1. The molecule has 108 valence electrons. The topological polar surface area (TPSA) is 44.4 Å². The fourth-order valence-electron chi connectivity index (χ4n) is 2.54. The second-order valence-corrected chi connectivity index (χ2v) is 5.63. The Morgan fingerprint density at radius 3 is 2.60 bits per heavy atom. The first-order chi connectivity index (χ1) is 9.56. The zero-order valence-electron chi connectivity index (χ0n) is 12.0. The van der Waals surface area contributed by atoms with Gasteiger partial charge in [-0.1, -0.05) is 0 Å². The van der Waals surface area contributed by atoms with Gasteiger partial charge < -0.3 is 15.5 Å². The number of anilines is 2. The molecule has 1 fully saturated rings. The summed E-state index contributed by atoms with van der Waals surface area (Å²) in [5.41, 5.74) is 2.13. The van der Waals surface area contributed by atoms with E-state index in [1.807, 2.05) is 12.1 Å². The molecular formula is C15H21N3OS. The lowest BCUT2D eigenvalue weighted by molar-refractivity contribution is -0.117. The van der Waals surface area contributed by atoms with Crippen molar-refractivity contribution in [1.29, 1.82) is 0 Å². The van der Waals surface area contributed by atoms with Crippen molar-refractivity contribution >= 4 is 34.6 Å². The summed E-state index contributed by atoms with van der Waals surface area (Å²) in [5, 5.41) is 5.87. The van der Waals surface area contributed by atoms with Crippen LogP contribution < -0.4 is 15.5 Å². The fraction of sp³-hybridized carbons (Fsp3) is 0.467. The molecule has 0 saturated carbocycles. The normalized spacial score (nSPS) is 18.5. The van der Waals surface area contributed by atoms with Crippen molar-refractivity contribution in [2.75, 3.05) is 16.8 Å². The molecule has 1 aliphatic heterocycles. The standard InChI is InChI=1S/C15H21N3OS/c1-11-5-3-4-10-18(11)14-8-6-13(7-9-14)17-15(20)16-12(2)19/h6-9,11H,3-5,10H2,1-2H3,(H2,16,17,19,20). The maximum atomic E-state index is 10.9. The minimum Gasteiger partial charge on any atom is -0.369 e. The average molecular weight is 291 g/mol. The van der Waals surface area contributed by atoms with Gasteiger partial charge in [0.25, 0.3) is 0 Å². The highest BCUT2D eigenvalue weighted by Gasteiger charge is 2.18. The molecule has 0 bridgehead atoms. The molecule has 1 atom stereocenters. The highest BCUT2D eigenvalue weighted by Crippen LogP contribution is 2.25. The Bertz CT molecular complexity index is 486. The summed E-state index contributed by atoms with van der Waals surface area (Å²) >= 11 is 5.04. The van der Waals surface area contributed by atoms with Crippen molar-refractivity contribution in [3.63, 3.8) is 0 Å². The zero-order chi connectivity index (χ0) is 14.5. The molecule has 0 aliphatic carbocycles. The van der Waals surface area contributed by atoms with Crippen molar-refractivity contribution in [2.24, 2.45) is 0 Å². The van der Waals surface area contributed by atoms with Crippen LogP contribution in [0.1, 0.15) is 33.1 Å². The molecule has 1 heterocycles.